The molecule has 0 atom stereocenters. The van der Waals surface area contributed by atoms with E-state index in [1.54, 1.807) is 12.1 Å². The maximum absolute atomic E-state index is 12.1. The minimum absolute atomic E-state index is 0.151. The van der Waals surface area contributed by atoms with E-state index in [1.165, 1.54) is 31.2 Å². The van der Waals surface area contributed by atoms with Crippen molar-refractivity contribution in [3.8, 4) is 0 Å². The lowest BCUT2D eigenvalue weighted by Crippen LogP contribution is -2.22. The SMILES string of the molecule is Cc1cccc([N+](=O)[O-])c1C(=O)OCC(=O)Nc1cccc(Cl)c1Cl. The first kappa shape index (κ1) is 18.7. The highest BCUT2D eigenvalue weighted by molar-refractivity contribution is 6.44. The van der Waals surface area contributed by atoms with Crippen LogP contribution in [-0.2, 0) is 9.53 Å². The number of carbonyl (C=O) groups is 2. The molecule has 2 aromatic rings. The van der Waals surface area contributed by atoms with Gasteiger partial charge in [-0.1, -0.05) is 41.4 Å². The summed E-state index contributed by atoms with van der Waals surface area (Å²) < 4.78 is 4.87. The number of ether oxygens (including phenoxy) is 1. The summed E-state index contributed by atoms with van der Waals surface area (Å²) in [6.45, 7) is 0.905. The van der Waals surface area contributed by atoms with Gasteiger partial charge in [-0.05, 0) is 24.6 Å². The van der Waals surface area contributed by atoms with E-state index < -0.39 is 23.4 Å². The van der Waals surface area contributed by atoms with E-state index in [2.05, 4.69) is 5.32 Å². The summed E-state index contributed by atoms with van der Waals surface area (Å²) in [7, 11) is 0. The second-order valence-corrected chi connectivity index (χ2v) is 5.74. The van der Waals surface area contributed by atoms with Gasteiger partial charge in [0.25, 0.3) is 11.6 Å². The summed E-state index contributed by atoms with van der Waals surface area (Å²) in [5.41, 5.74) is 0.0546. The van der Waals surface area contributed by atoms with Gasteiger partial charge in [0.05, 0.1) is 20.7 Å². The standard InChI is InChI=1S/C16H12Cl2N2O5/c1-9-4-2-7-12(20(23)24)14(9)16(22)25-8-13(21)19-11-6-3-5-10(17)15(11)18/h2-7H,8H2,1H3,(H,19,21). The Bertz CT molecular complexity index is 854. The summed E-state index contributed by atoms with van der Waals surface area (Å²) in [6.07, 6.45) is 0. The van der Waals surface area contributed by atoms with Gasteiger partial charge in [0.15, 0.2) is 6.61 Å². The number of amides is 1. The number of hydrogen-bond donors (Lipinski definition) is 1. The van der Waals surface area contributed by atoms with Crippen LogP contribution in [0.15, 0.2) is 36.4 Å². The Morgan fingerprint density at radius 3 is 2.56 bits per heavy atom. The largest absolute Gasteiger partial charge is 0.452 e. The molecule has 2 aromatic carbocycles. The molecule has 0 saturated carbocycles. The van der Waals surface area contributed by atoms with Crippen molar-refractivity contribution in [1.82, 2.24) is 0 Å². The van der Waals surface area contributed by atoms with Crippen molar-refractivity contribution in [3.63, 3.8) is 0 Å². The van der Waals surface area contributed by atoms with E-state index in [-0.39, 0.29) is 27.0 Å². The lowest BCUT2D eigenvalue weighted by Gasteiger charge is -2.10. The van der Waals surface area contributed by atoms with Gasteiger partial charge >= 0.3 is 5.97 Å². The molecule has 0 bridgehead atoms. The molecule has 0 heterocycles. The summed E-state index contributed by atoms with van der Waals surface area (Å²) in [5, 5.41) is 13.9. The van der Waals surface area contributed by atoms with Crippen LogP contribution in [0.3, 0.4) is 0 Å². The Labute approximate surface area is 152 Å². The molecule has 0 fully saturated rings. The number of nitrogens with zero attached hydrogens (tertiary/aromatic N) is 1. The molecule has 0 aromatic heterocycles. The fourth-order valence-corrected chi connectivity index (χ4v) is 2.41. The number of aryl methyl sites for hydroxylation is 1. The van der Waals surface area contributed by atoms with Gasteiger partial charge < -0.3 is 10.1 Å². The molecular formula is C16H12Cl2N2O5. The Morgan fingerprint density at radius 2 is 1.88 bits per heavy atom. The molecule has 130 valence electrons. The van der Waals surface area contributed by atoms with Gasteiger partial charge in [-0.3, -0.25) is 14.9 Å². The van der Waals surface area contributed by atoms with Gasteiger partial charge in [-0.25, -0.2) is 4.79 Å². The average Bonchev–Trinajstić information content (AvgIpc) is 2.56. The average molecular weight is 383 g/mol. The predicted octanol–water partition coefficient (Wildman–Crippen LogP) is 4.01. The fraction of sp³-hybridized carbons (Fsp3) is 0.125. The predicted molar refractivity (Wildman–Crippen MR) is 93.2 cm³/mol. The second kappa shape index (κ2) is 7.96. The molecule has 0 radical (unpaired) electrons. The topological polar surface area (TPSA) is 98.5 Å². The summed E-state index contributed by atoms with van der Waals surface area (Å²) >= 11 is 11.8. The van der Waals surface area contributed by atoms with Gasteiger partial charge in [-0.15, -0.1) is 0 Å². The minimum Gasteiger partial charge on any atom is -0.452 e. The van der Waals surface area contributed by atoms with Gasteiger partial charge in [0.2, 0.25) is 0 Å². The Balaban J connectivity index is 2.07. The van der Waals surface area contributed by atoms with Crippen LogP contribution in [0.5, 0.6) is 0 Å². The number of hydrogen-bond acceptors (Lipinski definition) is 5. The van der Waals surface area contributed by atoms with Crippen molar-refractivity contribution in [2.24, 2.45) is 0 Å². The molecule has 9 heteroatoms. The molecule has 0 aliphatic carbocycles. The van der Waals surface area contributed by atoms with Gasteiger partial charge in [0, 0.05) is 6.07 Å². The summed E-state index contributed by atoms with van der Waals surface area (Å²) in [4.78, 5) is 34.3. The lowest BCUT2D eigenvalue weighted by molar-refractivity contribution is -0.385. The number of carbonyl (C=O) groups excluding carboxylic acids is 2. The number of nitrogens with one attached hydrogen (secondary N) is 1. The normalized spacial score (nSPS) is 10.2. The summed E-state index contributed by atoms with van der Waals surface area (Å²) in [6, 6.07) is 8.85. The van der Waals surface area contributed by atoms with Gasteiger partial charge in [-0.2, -0.15) is 0 Å². The maximum Gasteiger partial charge on any atom is 0.345 e. The Morgan fingerprint density at radius 1 is 1.20 bits per heavy atom. The van der Waals surface area contributed by atoms with E-state index in [0.717, 1.165) is 0 Å². The minimum atomic E-state index is -0.961. The lowest BCUT2D eigenvalue weighted by atomic mass is 10.1. The zero-order valence-electron chi connectivity index (χ0n) is 12.9. The van der Waals surface area contributed by atoms with Crippen LogP contribution in [0.2, 0.25) is 10.0 Å². The third-order valence-electron chi connectivity index (χ3n) is 3.21. The fourth-order valence-electron chi connectivity index (χ4n) is 2.06. The molecule has 7 nitrogen and oxygen atoms in total. The highest BCUT2D eigenvalue weighted by Crippen LogP contribution is 2.29. The third-order valence-corrected chi connectivity index (χ3v) is 4.03. The van der Waals surface area contributed by atoms with Crippen molar-refractivity contribution in [2.45, 2.75) is 6.92 Å². The van der Waals surface area contributed by atoms with Crippen molar-refractivity contribution in [1.29, 1.82) is 0 Å². The molecule has 2 rings (SSSR count). The molecule has 0 spiro atoms. The number of nitro benzene ring substituents is 1. The first-order chi connectivity index (χ1) is 11.8. The quantitative estimate of drug-likeness (QED) is 0.478. The number of nitro groups is 1. The first-order valence-corrected chi connectivity index (χ1v) is 7.72. The number of esters is 1. The molecule has 0 aliphatic rings. The Kier molecular flexibility index (Phi) is 5.95. The van der Waals surface area contributed by atoms with E-state index in [0.29, 0.717) is 5.56 Å². The zero-order chi connectivity index (χ0) is 18.6. The van der Waals surface area contributed by atoms with Gasteiger partial charge in [0.1, 0.15) is 5.56 Å². The molecule has 25 heavy (non-hydrogen) atoms. The van der Waals surface area contributed by atoms with Crippen LogP contribution in [0.25, 0.3) is 0 Å². The first-order valence-electron chi connectivity index (χ1n) is 6.96. The van der Waals surface area contributed by atoms with Crippen molar-refractivity contribution < 1.29 is 19.2 Å². The molecule has 0 saturated heterocycles. The van der Waals surface area contributed by atoms with E-state index in [1.807, 2.05) is 0 Å². The molecule has 0 unspecified atom stereocenters. The monoisotopic (exact) mass is 382 g/mol. The number of anilines is 1. The van der Waals surface area contributed by atoms with Crippen LogP contribution in [0.4, 0.5) is 11.4 Å². The number of rotatable bonds is 5. The van der Waals surface area contributed by atoms with E-state index in [4.69, 9.17) is 27.9 Å². The van der Waals surface area contributed by atoms with Crippen molar-refractivity contribution in [2.75, 3.05) is 11.9 Å². The second-order valence-electron chi connectivity index (χ2n) is 4.95. The molecule has 0 aliphatic heterocycles. The van der Waals surface area contributed by atoms with Crippen LogP contribution < -0.4 is 5.32 Å². The smallest absolute Gasteiger partial charge is 0.345 e. The number of benzene rings is 2. The van der Waals surface area contributed by atoms with Crippen molar-refractivity contribution in [3.05, 3.63) is 67.7 Å². The molecular weight excluding hydrogens is 371 g/mol. The highest BCUT2D eigenvalue weighted by atomic mass is 35.5. The maximum atomic E-state index is 12.1. The number of halogens is 2. The highest BCUT2D eigenvalue weighted by Gasteiger charge is 2.24. The van der Waals surface area contributed by atoms with Crippen LogP contribution in [-0.4, -0.2) is 23.4 Å². The van der Waals surface area contributed by atoms with Crippen LogP contribution >= 0.6 is 23.2 Å². The van der Waals surface area contributed by atoms with E-state index >= 15 is 0 Å². The Hall–Kier alpha value is -2.64. The van der Waals surface area contributed by atoms with Crippen LogP contribution in [0.1, 0.15) is 15.9 Å². The zero-order valence-corrected chi connectivity index (χ0v) is 14.4. The van der Waals surface area contributed by atoms with Crippen molar-refractivity contribution >= 4 is 46.5 Å². The molecule has 1 amide bonds. The summed E-state index contributed by atoms with van der Waals surface area (Å²) in [5.74, 6) is -1.62. The third kappa shape index (κ3) is 4.46. The van der Waals surface area contributed by atoms with Crippen LogP contribution in [0, 0.1) is 17.0 Å². The molecule has 1 N–H and O–H groups in total. The van der Waals surface area contributed by atoms with E-state index in [9.17, 15) is 19.7 Å².